The van der Waals surface area contributed by atoms with Gasteiger partial charge in [-0.05, 0) is 0 Å². The molecule has 1 nitrogen and oxygen atoms in total. The summed E-state index contributed by atoms with van der Waals surface area (Å²) >= 11 is 0. The lowest BCUT2D eigenvalue weighted by atomic mass is 10.4. The molecular formula is C5H11F3N+. The van der Waals surface area contributed by atoms with Crippen molar-refractivity contribution in [3.05, 3.63) is 0 Å². The lowest BCUT2D eigenvalue weighted by molar-refractivity contribution is -0.859. The number of hydrogen-bond acceptors (Lipinski definition) is 0. The van der Waals surface area contributed by atoms with Gasteiger partial charge in [-0.3, -0.25) is 0 Å². The summed E-state index contributed by atoms with van der Waals surface area (Å²) < 4.78 is 34.2. The van der Waals surface area contributed by atoms with Crippen molar-refractivity contribution in [2.45, 2.75) is 12.6 Å². The maximum atomic E-state index is 11.4. The number of hydrogen-bond donors (Lipinski definition) is 1. The van der Waals surface area contributed by atoms with Gasteiger partial charge in [0.15, 0.2) is 0 Å². The summed E-state index contributed by atoms with van der Waals surface area (Å²) in [6.07, 6.45) is -4.67. The van der Waals surface area contributed by atoms with Crippen molar-refractivity contribution in [2.75, 3.05) is 20.6 Å². The van der Waals surface area contributed by atoms with Crippen LogP contribution in [0.5, 0.6) is 0 Å². The second-order valence-electron chi connectivity index (χ2n) is 2.32. The first-order valence-corrected chi connectivity index (χ1v) is 2.77. The fourth-order valence-corrected chi connectivity index (χ4v) is 0.392. The van der Waals surface area contributed by atoms with Crippen LogP contribution in [0.3, 0.4) is 0 Å². The Kier molecular flexibility index (Phi) is 2.97. The van der Waals surface area contributed by atoms with Crippen molar-refractivity contribution in [3.63, 3.8) is 0 Å². The van der Waals surface area contributed by atoms with Crippen LogP contribution in [0.2, 0.25) is 0 Å². The van der Waals surface area contributed by atoms with Gasteiger partial charge >= 0.3 is 6.18 Å². The van der Waals surface area contributed by atoms with Crippen LogP contribution >= 0.6 is 0 Å². The molecule has 1 N–H and O–H groups in total. The topological polar surface area (TPSA) is 4.44 Å². The van der Waals surface area contributed by atoms with Crippen molar-refractivity contribution in [3.8, 4) is 0 Å². The molecule has 0 aromatic rings. The van der Waals surface area contributed by atoms with E-state index in [4.69, 9.17) is 0 Å². The Morgan fingerprint density at radius 1 is 1.22 bits per heavy atom. The average molecular weight is 142 g/mol. The first kappa shape index (κ1) is 8.75. The molecule has 0 amide bonds. The molecule has 0 saturated carbocycles. The Morgan fingerprint density at radius 3 is 1.78 bits per heavy atom. The van der Waals surface area contributed by atoms with Crippen molar-refractivity contribution in [2.24, 2.45) is 0 Å². The molecule has 0 aliphatic heterocycles. The minimum Gasteiger partial charge on any atom is -0.340 e. The van der Waals surface area contributed by atoms with Gasteiger partial charge < -0.3 is 4.90 Å². The molecule has 0 spiro atoms. The summed E-state index contributed by atoms with van der Waals surface area (Å²) in [5.74, 6) is 0. The second-order valence-corrected chi connectivity index (χ2v) is 2.32. The van der Waals surface area contributed by atoms with Gasteiger partial charge in [0.05, 0.1) is 27.1 Å². The fraction of sp³-hybridized carbons (Fsp3) is 1.00. The molecule has 0 aliphatic rings. The monoisotopic (exact) mass is 142 g/mol. The third-order valence-corrected chi connectivity index (χ3v) is 0.908. The zero-order valence-corrected chi connectivity index (χ0v) is 5.55. The summed E-state index contributed by atoms with van der Waals surface area (Å²) in [6, 6.07) is 0. The van der Waals surface area contributed by atoms with E-state index in [1.807, 2.05) is 0 Å². The van der Waals surface area contributed by atoms with E-state index in [1.54, 1.807) is 14.1 Å². The molecule has 0 bridgehead atoms. The van der Waals surface area contributed by atoms with Crippen LogP contribution in [0, 0.1) is 0 Å². The van der Waals surface area contributed by atoms with Gasteiger partial charge in [-0.1, -0.05) is 0 Å². The van der Waals surface area contributed by atoms with Crippen molar-refractivity contribution in [1.29, 1.82) is 0 Å². The maximum absolute atomic E-state index is 11.4. The standard InChI is InChI=1S/C5H10F3N/c1-9(2)4-3-5(6,7)8/h3-4H2,1-2H3/p+1. The van der Waals surface area contributed by atoms with E-state index < -0.39 is 12.6 Å². The van der Waals surface area contributed by atoms with Gasteiger partial charge in [0.2, 0.25) is 0 Å². The molecular weight excluding hydrogens is 131 g/mol. The van der Waals surface area contributed by atoms with Gasteiger partial charge in [-0.15, -0.1) is 0 Å². The zero-order chi connectivity index (χ0) is 7.49. The second kappa shape index (κ2) is 3.06. The summed E-state index contributed by atoms with van der Waals surface area (Å²) in [5, 5.41) is 0. The first-order chi connectivity index (χ1) is 3.92. The highest BCUT2D eigenvalue weighted by molar-refractivity contribution is 4.45. The lowest BCUT2D eigenvalue weighted by Crippen LogP contribution is -3.05. The van der Waals surface area contributed by atoms with E-state index in [0.29, 0.717) is 0 Å². The van der Waals surface area contributed by atoms with E-state index in [-0.39, 0.29) is 6.54 Å². The van der Waals surface area contributed by atoms with Crippen LogP contribution in [-0.2, 0) is 0 Å². The molecule has 0 aromatic carbocycles. The summed E-state index contributed by atoms with van der Waals surface area (Å²) in [6.45, 7) is 0.156. The Morgan fingerprint density at radius 2 is 1.67 bits per heavy atom. The fourth-order valence-electron chi connectivity index (χ4n) is 0.392. The zero-order valence-electron chi connectivity index (χ0n) is 5.55. The molecule has 0 aromatic heterocycles. The van der Waals surface area contributed by atoms with Crippen molar-refractivity contribution < 1.29 is 18.1 Å². The predicted molar refractivity (Wildman–Crippen MR) is 28.3 cm³/mol. The highest BCUT2D eigenvalue weighted by Crippen LogP contribution is 2.17. The number of alkyl halides is 3. The summed E-state index contributed by atoms with van der Waals surface area (Å²) in [5.41, 5.74) is 0. The maximum Gasteiger partial charge on any atom is 0.394 e. The molecule has 0 fully saturated rings. The number of rotatable bonds is 2. The third-order valence-electron chi connectivity index (χ3n) is 0.908. The van der Waals surface area contributed by atoms with Gasteiger partial charge in [-0.25, -0.2) is 0 Å². The van der Waals surface area contributed by atoms with E-state index in [0.717, 1.165) is 4.90 Å². The van der Waals surface area contributed by atoms with Gasteiger partial charge in [-0.2, -0.15) is 13.2 Å². The smallest absolute Gasteiger partial charge is 0.340 e. The highest BCUT2D eigenvalue weighted by Gasteiger charge is 2.27. The predicted octanol–water partition coefficient (Wildman–Crippen LogP) is 0.0833. The van der Waals surface area contributed by atoms with Gasteiger partial charge in [0, 0.05) is 0 Å². The molecule has 0 unspecified atom stereocenters. The van der Waals surface area contributed by atoms with Crippen LogP contribution in [-0.4, -0.2) is 26.8 Å². The Bertz CT molecular complexity index is 76.8. The normalized spacial score (nSPS) is 12.7. The van der Waals surface area contributed by atoms with Gasteiger partial charge in [0.1, 0.15) is 0 Å². The molecule has 4 heteroatoms. The minimum absolute atomic E-state index is 0.156. The molecule has 0 saturated heterocycles. The van der Waals surface area contributed by atoms with Gasteiger partial charge in [0.25, 0.3) is 0 Å². The molecule has 9 heavy (non-hydrogen) atoms. The minimum atomic E-state index is -3.99. The van der Waals surface area contributed by atoms with E-state index in [2.05, 4.69) is 0 Å². The Hall–Kier alpha value is -0.250. The highest BCUT2D eigenvalue weighted by atomic mass is 19.4. The number of nitrogens with one attached hydrogen (secondary N) is 1. The molecule has 56 valence electrons. The van der Waals surface area contributed by atoms with E-state index in [1.165, 1.54) is 0 Å². The molecule has 0 radical (unpaired) electrons. The quantitative estimate of drug-likeness (QED) is 0.557. The molecule has 0 heterocycles. The van der Waals surface area contributed by atoms with Crippen LogP contribution < -0.4 is 4.90 Å². The van der Waals surface area contributed by atoms with Crippen LogP contribution in [0.4, 0.5) is 13.2 Å². The third kappa shape index (κ3) is 7.75. The summed E-state index contributed by atoms with van der Waals surface area (Å²) in [4.78, 5) is 0.826. The number of halogens is 3. The van der Waals surface area contributed by atoms with E-state index in [9.17, 15) is 13.2 Å². The molecule has 0 rings (SSSR count). The van der Waals surface area contributed by atoms with Crippen LogP contribution in [0.25, 0.3) is 0 Å². The van der Waals surface area contributed by atoms with Crippen molar-refractivity contribution in [1.82, 2.24) is 0 Å². The largest absolute Gasteiger partial charge is 0.394 e. The van der Waals surface area contributed by atoms with Crippen molar-refractivity contribution >= 4 is 0 Å². The molecule has 0 atom stereocenters. The SMILES string of the molecule is C[NH+](C)CCC(F)(F)F. The van der Waals surface area contributed by atoms with Crippen LogP contribution in [0.15, 0.2) is 0 Å². The molecule has 0 aliphatic carbocycles. The lowest BCUT2D eigenvalue weighted by Gasteiger charge is -2.08. The Balaban J connectivity index is 3.28. The Labute approximate surface area is 52.5 Å². The first-order valence-electron chi connectivity index (χ1n) is 2.77. The number of quaternary nitrogens is 1. The van der Waals surface area contributed by atoms with E-state index >= 15 is 0 Å². The van der Waals surface area contributed by atoms with Crippen LogP contribution in [0.1, 0.15) is 6.42 Å². The summed E-state index contributed by atoms with van der Waals surface area (Å²) in [7, 11) is 3.40. The average Bonchev–Trinajstić information content (AvgIpc) is 1.59.